The Balaban J connectivity index is 2.00. The first-order chi connectivity index (χ1) is 8.61. The zero-order valence-corrected chi connectivity index (χ0v) is 12.2. The summed E-state index contributed by atoms with van der Waals surface area (Å²) in [5, 5.41) is 11.6. The summed E-state index contributed by atoms with van der Waals surface area (Å²) in [5.41, 5.74) is 0.911. The Kier molecular flexibility index (Phi) is 3.03. The first-order valence-corrected chi connectivity index (χ1v) is 7.91. The number of imidazole rings is 1. The molecule has 0 spiro atoms. The lowest BCUT2D eigenvalue weighted by Gasteiger charge is -2.38. The molecular formula is C12H17N3OS2. The van der Waals surface area contributed by atoms with E-state index in [1.165, 1.54) is 0 Å². The van der Waals surface area contributed by atoms with Crippen LogP contribution in [0.3, 0.4) is 0 Å². The maximum absolute atomic E-state index is 9.60. The number of aromatic nitrogens is 2. The van der Waals surface area contributed by atoms with E-state index in [4.69, 9.17) is 0 Å². The normalized spacial score (nSPS) is 19.6. The summed E-state index contributed by atoms with van der Waals surface area (Å²) in [6.07, 6.45) is 1.98. The molecule has 0 aliphatic carbocycles. The summed E-state index contributed by atoms with van der Waals surface area (Å²) >= 11 is 3.62. The van der Waals surface area contributed by atoms with Crippen LogP contribution in [-0.4, -0.2) is 38.1 Å². The standard InChI is InChI=1S/C12H17N3OS2/c1-12(2)8-14(3-6-18-12)10-9(7-16)15-4-5-17-11(15)13-10/h4-5,16H,3,6-8H2,1-2H3. The molecule has 4 nitrogen and oxygen atoms in total. The minimum atomic E-state index is 0.0390. The Hall–Kier alpha value is -0.720. The van der Waals surface area contributed by atoms with Crippen molar-refractivity contribution in [3.05, 3.63) is 17.3 Å². The molecule has 1 N–H and O–H groups in total. The number of fused-ring (bicyclic) bond motifs is 1. The van der Waals surface area contributed by atoms with Gasteiger partial charge >= 0.3 is 0 Å². The number of aliphatic hydroxyl groups excluding tert-OH is 1. The largest absolute Gasteiger partial charge is 0.390 e. The van der Waals surface area contributed by atoms with E-state index in [-0.39, 0.29) is 11.4 Å². The number of hydrogen-bond donors (Lipinski definition) is 1. The summed E-state index contributed by atoms with van der Waals surface area (Å²) in [6, 6.07) is 0. The van der Waals surface area contributed by atoms with Gasteiger partial charge in [0, 0.05) is 35.2 Å². The highest BCUT2D eigenvalue weighted by atomic mass is 32.2. The first-order valence-electron chi connectivity index (χ1n) is 6.05. The Labute approximate surface area is 115 Å². The Morgan fingerprint density at radius 3 is 3.06 bits per heavy atom. The van der Waals surface area contributed by atoms with Crippen LogP contribution in [0.25, 0.3) is 4.96 Å². The highest BCUT2D eigenvalue weighted by molar-refractivity contribution is 8.00. The van der Waals surface area contributed by atoms with Crippen LogP contribution in [0.5, 0.6) is 0 Å². The molecule has 2 aromatic rings. The van der Waals surface area contributed by atoms with Gasteiger partial charge in [0.05, 0.1) is 12.3 Å². The van der Waals surface area contributed by atoms with E-state index in [0.29, 0.717) is 0 Å². The summed E-state index contributed by atoms with van der Waals surface area (Å²) in [7, 11) is 0. The lowest BCUT2D eigenvalue weighted by Crippen LogP contribution is -2.43. The summed E-state index contributed by atoms with van der Waals surface area (Å²) < 4.78 is 2.25. The molecule has 98 valence electrons. The SMILES string of the molecule is CC1(C)CN(c2nc3sccn3c2CO)CCS1. The average molecular weight is 283 g/mol. The fourth-order valence-electron chi connectivity index (χ4n) is 2.42. The van der Waals surface area contributed by atoms with Gasteiger partial charge in [0.1, 0.15) is 0 Å². The Morgan fingerprint density at radius 2 is 2.33 bits per heavy atom. The van der Waals surface area contributed by atoms with Crippen molar-refractivity contribution in [3.8, 4) is 0 Å². The topological polar surface area (TPSA) is 40.8 Å². The van der Waals surface area contributed by atoms with E-state index in [2.05, 4.69) is 23.7 Å². The maximum atomic E-state index is 9.60. The fraction of sp³-hybridized carbons (Fsp3) is 0.583. The minimum Gasteiger partial charge on any atom is -0.390 e. The third-order valence-electron chi connectivity index (χ3n) is 3.21. The van der Waals surface area contributed by atoms with Gasteiger partial charge in [-0.3, -0.25) is 4.40 Å². The van der Waals surface area contributed by atoms with Crippen LogP contribution in [0.15, 0.2) is 11.6 Å². The van der Waals surface area contributed by atoms with Crippen molar-refractivity contribution < 1.29 is 5.11 Å². The van der Waals surface area contributed by atoms with Gasteiger partial charge in [-0.2, -0.15) is 11.8 Å². The van der Waals surface area contributed by atoms with Crippen LogP contribution >= 0.6 is 23.1 Å². The highest BCUT2D eigenvalue weighted by Crippen LogP contribution is 2.34. The van der Waals surface area contributed by atoms with Crippen LogP contribution in [-0.2, 0) is 6.61 Å². The maximum Gasteiger partial charge on any atom is 0.195 e. The molecule has 1 aliphatic rings. The molecule has 3 rings (SSSR count). The number of hydrogen-bond acceptors (Lipinski definition) is 5. The lowest BCUT2D eigenvalue weighted by atomic mass is 10.2. The molecule has 1 saturated heterocycles. The van der Waals surface area contributed by atoms with E-state index in [0.717, 1.165) is 35.3 Å². The number of aliphatic hydroxyl groups is 1. The molecule has 1 aliphatic heterocycles. The second-order valence-electron chi connectivity index (χ2n) is 5.13. The molecule has 0 amide bonds. The molecule has 0 unspecified atom stereocenters. The third kappa shape index (κ3) is 2.02. The second kappa shape index (κ2) is 4.43. The monoisotopic (exact) mass is 283 g/mol. The zero-order chi connectivity index (χ0) is 12.8. The van der Waals surface area contributed by atoms with Gasteiger partial charge in [0.2, 0.25) is 0 Å². The Bertz CT molecular complexity index is 561. The van der Waals surface area contributed by atoms with E-state index in [9.17, 15) is 5.11 Å². The van der Waals surface area contributed by atoms with Crippen molar-refractivity contribution in [3.63, 3.8) is 0 Å². The van der Waals surface area contributed by atoms with Crippen molar-refractivity contribution >= 4 is 33.9 Å². The van der Waals surface area contributed by atoms with Crippen molar-refractivity contribution in [1.29, 1.82) is 0 Å². The van der Waals surface area contributed by atoms with Crippen LogP contribution in [0, 0.1) is 0 Å². The van der Waals surface area contributed by atoms with Gasteiger partial charge in [-0.1, -0.05) is 0 Å². The van der Waals surface area contributed by atoms with Crippen molar-refractivity contribution in [1.82, 2.24) is 9.38 Å². The van der Waals surface area contributed by atoms with Gasteiger partial charge < -0.3 is 10.0 Å². The summed E-state index contributed by atoms with van der Waals surface area (Å²) in [4.78, 5) is 7.94. The smallest absolute Gasteiger partial charge is 0.195 e. The van der Waals surface area contributed by atoms with Crippen LogP contribution in [0.1, 0.15) is 19.5 Å². The van der Waals surface area contributed by atoms with Gasteiger partial charge in [-0.05, 0) is 13.8 Å². The average Bonchev–Trinajstić information content (AvgIpc) is 2.86. The molecule has 0 radical (unpaired) electrons. The predicted octanol–water partition coefficient (Wildman–Crippen LogP) is 2.22. The molecular weight excluding hydrogens is 266 g/mol. The molecule has 0 saturated carbocycles. The van der Waals surface area contributed by atoms with E-state index in [1.54, 1.807) is 11.3 Å². The quantitative estimate of drug-likeness (QED) is 0.917. The van der Waals surface area contributed by atoms with Crippen LogP contribution in [0.4, 0.5) is 5.82 Å². The highest BCUT2D eigenvalue weighted by Gasteiger charge is 2.30. The van der Waals surface area contributed by atoms with E-state index in [1.807, 2.05) is 27.7 Å². The molecule has 0 aromatic carbocycles. The summed E-state index contributed by atoms with van der Waals surface area (Å²) in [6.45, 7) is 6.56. The number of rotatable bonds is 2. The molecule has 6 heteroatoms. The predicted molar refractivity (Wildman–Crippen MR) is 77.7 cm³/mol. The van der Waals surface area contributed by atoms with Crippen molar-refractivity contribution in [2.75, 3.05) is 23.7 Å². The Morgan fingerprint density at radius 1 is 1.50 bits per heavy atom. The van der Waals surface area contributed by atoms with E-state index < -0.39 is 0 Å². The molecule has 18 heavy (non-hydrogen) atoms. The third-order valence-corrected chi connectivity index (χ3v) is 5.27. The number of nitrogens with zero attached hydrogens (tertiary/aromatic N) is 3. The van der Waals surface area contributed by atoms with Gasteiger partial charge in [-0.15, -0.1) is 11.3 Å². The minimum absolute atomic E-state index is 0.0390. The lowest BCUT2D eigenvalue weighted by molar-refractivity contribution is 0.276. The van der Waals surface area contributed by atoms with E-state index >= 15 is 0 Å². The van der Waals surface area contributed by atoms with Gasteiger partial charge in [0.25, 0.3) is 0 Å². The number of anilines is 1. The molecule has 0 bridgehead atoms. The first kappa shape index (κ1) is 12.3. The molecule has 0 atom stereocenters. The van der Waals surface area contributed by atoms with Crippen LogP contribution in [0.2, 0.25) is 0 Å². The second-order valence-corrected chi connectivity index (χ2v) is 7.80. The van der Waals surface area contributed by atoms with Gasteiger partial charge in [-0.25, -0.2) is 4.98 Å². The molecule has 3 heterocycles. The van der Waals surface area contributed by atoms with Crippen molar-refractivity contribution in [2.24, 2.45) is 0 Å². The summed E-state index contributed by atoms with van der Waals surface area (Å²) in [5.74, 6) is 2.07. The van der Waals surface area contributed by atoms with Gasteiger partial charge in [0.15, 0.2) is 10.8 Å². The van der Waals surface area contributed by atoms with Crippen LogP contribution < -0.4 is 4.90 Å². The molecule has 1 fully saturated rings. The molecule has 2 aromatic heterocycles. The van der Waals surface area contributed by atoms with Crippen molar-refractivity contribution in [2.45, 2.75) is 25.2 Å². The zero-order valence-electron chi connectivity index (χ0n) is 10.6. The number of thioether (sulfide) groups is 1. The number of thiazole rings is 1. The fourth-order valence-corrected chi connectivity index (χ4v) is 4.26.